The number of amides is 3. The van der Waals surface area contributed by atoms with Crippen LogP contribution in [0.15, 0.2) is 24.3 Å². The Labute approximate surface area is 157 Å². The van der Waals surface area contributed by atoms with Crippen molar-refractivity contribution in [1.82, 2.24) is 9.80 Å². The van der Waals surface area contributed by atoms with Crippen LogP contribution >= 0.6 is 0 Å². The molecule has 1 fully saturated rings. The van der Waals surface area contributed by atoms with E-state index in [2.05, 4.69) is 4.74 Å². The SMILES string of the molecule is COC(=O)CCN(CC1CCCO1)C(=O)CN1C(=O)c2ccccc2C1=O. The van der Waals surface area contributed by atoms with Gasteiger partial charge in [0.15, 0.2) is 0 Å². The minimum Gasteiger partial charge on any atom is -0.469 e. The highest BCUT2D eigenvalue weighted by Crippen LogP contribution is 2.22. The number of fused-ring (bicyclic) bond motifs is 1. The van der Waals surface area contributed by atoms with Crippen LogP contribution in [0.5, 0.6) is 0 Å². The second kappa shape index (κ2) is 8.30. The van der Waals surface area contributed by atoms with Crippen molar-refractivity contribution in [2.24, 2.45) is 0 Å². The normalized spacial score (nSPS) is 18.6. The number of carbonyl (C=O) groups is 4. The van der Waals surface area contributed by atoms with E-state index in [0.717, 1.165) is 17.7 Å². The van der Waals surface area contributed by atoms with E-state index in [-0.39, 0.29) is 25.6 Å². The number of carbonyl (C=O) groups excluding carboxylic acids is 4. The first-order chi connectivity index (χ1) is 13.0. The van der Waals surface area contributed by atoms with Gasteiger partial charge in [0.25, 0.3) is 11.8 Å². The number of rotatable bonds is 7. The van der Waals surface area contributed by atoms with Gasteiger partial charge in [-0.1, -0.05) is 12.1 Å². The molecule has 0 aromatic heterocycles. The van der Waals surface area contributed by atoms with Crippen LogP contribution in [0.3, 0.4) is 0 Å². The average Bonchev–Trinajstić information content (AvgIpc) is 3.28. The van der Waals surface area contributed by atoms with Gasteiger partial charge in [-0.2, -0.15) is 0 Å². The quantitative estimate of drug-likeness (QED) is 0.519. The summed E-state index contributed by atoms with van der Waals surface area (Å²) < 4.78 is 10.2. The molecule has 0 radical (unpaired) electrons. The van der Waals surface area contributed by atoms with Crippen LogP contribution in [0.25, 0.3) is 0 Å². The van der Waals surface area contributed by atoms with Crippen LogP contribution < -0.4 is 0 Å². The lowest BCUT2D eigenvalue weighted by atomic mass is 10.1. The minimum atomic E-state index is -0.478. The molecule has 2 heterocycles. The molecule has 3 amide bonds. The zero-order chi connectivity index (χ0) is 19.4. The van der Waals surface area contributed by atoms with Crippen molar-refractivity contribution in [3.05, 3.63) is 35.4 Å². The van der Waals surface area contributed by atoms with E-state index in [1.165, 1.54) is 12.0 Å². The number of esters is 1. The van der Waals surface area contributed by atoms with Gasteiger partial charge in [0.05, 0.1) is 30.8 Å². The maximum absolute atomic E-state index is 12.8. The molecule has 27 heavy (non-hydrogen) atoms. The van der Waals surface area contributed by atoms with Crippen molar-refractivity contribution in [3.63, 3.8) is 0 Å². The lowest BCUT2D eigenvalue weighted by Gasteiger charge is -2.26. The Morgan fingerprint density at radius 3 is 2.44 bits per heavy atom. The summed E-state index contributed by atoms with van der Waals surface area (Å²) in [5, 5.41) is 0. The third-order valence-corrected chi connectivity index (χ3v) is 4.79. The molecule has 1 atom stereocenters. The smallest absolute Gasteiger partial charge is 0.307 e. The molecule has 1 unspecified atom stereocenters. The first-order valence-corrected chi connectivity index (χ1v) is 8.92. The number of methoxy groups -OCH3 is 1. The average molecular weight is 374 g/mol. The second-order valence-corrected chi connectivity index (χ2v) is 6.54. The molecule has 1 aromatic rings. The van der Waals surface area contributed by atoms with Crippen LogP contribution in [-0.4, -0.2) is 72.9 Å². The van der Waals surface area contributed by atoms with Crippen molar-refractivity contribution < 1.29 is 28.7 Å². The fourth-order valence-corrected chi connectivity index (χ4v) is 3.30. The number of imide groups is 1. The van der Waals surface area contributed by atoms with E-state index in [4.69, 9.17) is 4.74 Å². The topological polar surface area (TPSA) is 93.2 Å². The predicted molar refractivity (Wildman–Crippen MR) is 94.0 cm³/mol. The fourth-order valence-electron chi connectivity index (χ4n) is 3.30. The Morgan fingerprint density at radius 2 is 1.89 bits per heavy atom. The van der Waals surface area contributed by atoms with Gasteiger partial charge in [-0.25, -0.2) is 0 Å². The first-order valence-electron chi connectivity index (χ1n) is 8.92. The zero-order valence-corrected chi connectivity index (χ0v) is 15.2. The van der Waals surface area contributed by atoms with Crippen LogP contribution in [0.1, 0.15) is 40.0 Å². The summed E-state index contributed by atoms with van der Waals surface area (Å²) in [6.07, 6.45) is 1.68. The van der Waals surface area contributed by atoms with Crippen LogP contribution in [-0.2, 0) is 19.1 Å². The van der Waals surface area contributed by atoms with E-state index in [1.54, 1.807) is 24.3 Å². The summed E-state index contributed by atoms with van der Waals surface area (Å²) in [7, 11) is 1.29. The summed E-state index contributed by atoms with van der Waals surface area (Å²) >= 11 is 0. The molecule has 0 aliphatic carbocycles. The predicted octanol–water partition coefficient (Wildman–Crippen LogP) is 0.853. The molecule has 1 aromatic carbocycles. The van der Waals surface area contributed by atoms with Crippen molar-refractivity contribution >= 4 is 23.7 Å². The lowest BCUT2D eigenvalue weighted by molar-refractivity contribution is -0.142. The van der Waals surface area contributed by atoms with Crippen LogP contribution in [0, 0.1) is 0 Å². The van der Waals surface area contributed by atoms with Crippen LogP contribution in [0.2, 0.25) is 0 Å². The monoisotopic (exact) mass is 374 g/mol. The van der Waals surface area contributed by atoms with Gasteiger partial charge in [0, 0.05) is 19.7 Å². The Morgan fingerprint density at radius 1 is 1.22 bits per heavy atom. The molecule has 0 bridgehead atoms. The first kappa shape index (κ1) is 19.0. The Balaban J connectivity index is 1.69. The molecule has 1 saturated heterocycles. The maximum atomic E-state index is 12.8. The Kier molecular flexibility index (Phi) is 5.85. The summed E-state index contributed by atoms with van der Waals surface area (Å²) in [5.74, 6) is -1.78. The number of benzene rings is 1. The molecule has 2 aliphatic rings. The van der Waals surface area contributed by atoms with Gasteiger partial charge in [0.2, 0.25) is 5.91 Å². The third-order valence-electron chi connectivity index (χ3n) is 4.79. The zero-order valence-electron chi connectivity index (χ0n) is 15.2. The molecule has 8 heteroatoms. The molecular formula is C19H22N2O6. The van der Waals surface area contributed by atoms with E-state index in [9.17, 15) is 19.2 Å². The lowest BCUT2D eigenvalue weighted by Crippen LogP contribution is -2.46. The van der Waals surface area contributed by atoms with E-state index in [0.29, 0.717) is 24.3 Å². The second-order valence-electron chi connectivity index (χ2n) is 6.54. The highest BCUT2D eigenvalue weighted by atomic mass is 16.5. The van der Waals surface area contributed by atoms with E-state index in [1.807, 2.05) is 0 Å². The number of nitrogens with zero attached hydrogens (tertiary/aromatic N) is 2. The Hall–Kier alpha value is -2.74. The maximum Gasteiger partial charge on any atom is 0.307 e. The molecule has 8 nitrogen and oxygen atoms in total. The summed E-state index contributed by atoms with van der Waals surface area (Å²) in [6, 6.07) is 6.49. The van der Waals surface area contributed by atoms with Gasteiger partial charge < -0.3 is 14.4 Å². The summed E-state index contributed by atoms with van der Waals surface area (Å²) in [4.78, 5) is 51.6. The molecule has 2 aliphatic heterocycles. The van der Waals surface area contributed by atoms with Crippen molar-refractivity contribution in [2.75, 3.05) is 33.4 Å². The molecule has 144 valence electrons. The Bertz CT molecular complexity index is 721. The number of ether oxygens (including phenoxy) is 2. The molecular weight excluding hydrogens is 352 g/mol. The van der Waals surface area contributed by atoms with Gasteiger partial charge in [0.1, 0.15) is 6.54 Å². The third kappa shape index (κ3) is 4.16. The fraction of sp³-hybridized carbons (Fsp3) is 0.474. The van der Waals surface area contributed by atoms with E-state index >= 15 is 0 Å². The van der Waals surface area contributed by atoms with Gasteiger partial charge in [-0.3, -0.25) is 24.1 Å². The molecule has 0 saturated carbocycles. The standard InChI is InChI=1S/C19H22N2O6/c1-26-17(23)8-9-20(11-13-5-4-10-27-13)16(22)12-21-18(24)14-6-2-3-7-15(14)19(21)25/h2-3,6-7,13H,4-5,8-12H2,1H3. The largest absolute Gasteiger partial charge is 0.469 e. The summed E-state index contributed by atoms with van der Waals surface area (Å²) in [5.41, 5.74) is 0.603. The van der Waals surface area contributed by atoms with Crippen LogP contribution in [0.4, 0.5) is 0 Å². The van der Waals surface area contributed by atoms with Gasteiger partial charge in [-0.15, -0.1) is 0 Å². The molecule has 3 rings (SSSR count). The highest BCUT2D eigenvalue weighted by Gasteiger charge is 2.37. The number of hydrogen-bond acceptors (Lipinski definition) is 6. The minimum absolute atomic E-state index is 0.0388. The summed E-state index contributed by atoms with van der Waals surface area (Å²) in [6.45, 7) is 0.746. The number of hydrogen-bond donors (Lipinski definition) is 0. The van der Waals surface area contributed by atoms with Gasteiger partial charge in [-0.05, 0) is 25.0 Å². The highest BCUT2D eigenvalue weighted by molar-refractivity contribution is 6.22. The van der Waals surface area contributed by atoms with Crippen molar-refractivity contribution in [2.45, 2.75) is 25.4 Å². The molecule has 0 N–H and O–H groups in total. The van der Waals surface area contributed by atoms with E-state index < -0.39 is 23.7 Å². The van der Waals surface area contributed by atoms with Crippen molar-refractivity contribution in [1.29, 1.82) is 0 Å². The van der Waals surface area contributed by atoms with Gasteiger partial charge >= 0.3 is 5.97 Å². The van der Waals surface area contributed by atoms with Crippen molar-refractivity contribution in [3.8, 4) is 0 Å². The molecule has 0 spiro atoms.